The van der Waals surface area contributed by atoms with Crippen molar-refractivity contribution in [2.45, 2.75) is 18.9 Å². The number of esters is 1. The minimum atomic E-state index is -0.413. The summed E-state index contributed by atoms with van der Waals surface area (Å²) in [7, 11) is 1.33. The molecule has 0 aromatic heterocycles. The number of amides is 1. The maximum absolute atomic E-state index is 12.3. The summed E-state index contributed by atoms with van der Waals surface area (Å²) in [5.41, 5.74) is 1.72. The molecule has 4 nitrogen and oxygen atoms in total. The van der Waals surface area contributed by atoms with E-state index in [2.05, 4.69) is 5.32 Å². The van der Waals surface area contributed by atoms with E-state index in [4.69, 9.17) is 16.3 Å². The van der Waals surface area contributed by atoms with Crippen LogP contribution in [0, 0.1) is 0 Å². The predicted molar refractivity (Wildman–Crippen MR) is 89.1 cm³/mol. The number of rotatable bonds is 6. The van der Waals surface area contributed by atoms with Crippen molar-refractivity contribution in [1.82, 2.24) is 5.32 Å². The van der Waals surface area contributed by atoms with Crippen LogP contribution in [0.4, 0.5) is 0 Å². The molecule has 0 aliphatic carbocycles. The zero-order chi connectivity index (χ0) is 16.7. The van der Waals surface area contributed by atoms with E-state index in [9.17, 15) is 9.59 Å². The van der Waals surface area contributed by atoms with E-state index in [0.29, 0.717) is 5.02 Å². The van der Waals surface area contributed by atoms with Gasteiger partial charge in [0.05, 0.1) is 26.0 Å². The maximum Gasteiger partial charge on any atom is 0.307 e. The summed E-state index contributed by atoms with van der Waals surface area (Å²) in [6, 6.07) is 16.0. The first kappa shape index (κ1) is 17.0. The lowest BCUT2D eigenvalue weighted by Crippen LogP contribution is -2.31. The second-order valence-electron chi connectivity index (χ2n) is 5.11. The molecule has 0 saturated carbocycles. The Hall–Kier alpha value is -2.33. The van der Waals surface area contributed by atoms with Gasteiger partial charge in [-0.2, -0.15) is 0 Å². The van der Waals surface area contributed by atoms with Gasteiger partial charge in [-0.25, -0.2) is 0 Å². The summed E-state index contributed by atoms with van der Waals surface area (Å²) in [5, 5.41) is 3.52. The second kappa shape index (κ2) is 8.34. The van der Waals surface area contributed by atoms with E-state index >= 15 is 0 Å². The highest BCUT2D eigenvalue weighted by Crippen LogP contribution is 2.18. The largest absolute Gasteiger partial charge is 0.469 e. The van der Waals surface area contributed by atoms with E-state index in [0.717, 1.165) is 11.1 Å². The lowest BCUT2D eigenvalue weighted by Gasteiger charge is -2.18. The monoisotopic (exact) mass is 331 g/mol. The van der Waals surface area contributed by atoms with Crippen molar-refractivity contribution < 1.29 is 14.3 Å². The Morgan fingerprint density at radius 2 is 1.74 bits per heavy atom. The standard InChI is InChI=1S/C18H18ClNO3/c1-23-18(22)12-16(14-5-3-2-4-6-14)20-17(21)11-13-7-9-15(19)10-8-13/h2-10,16H,11-12H2,1H3,(H,20,21). The Kier molecular flexibility index (Phi) is 6.18. The van der Waals surface area contributed by atoms with Gasteiger partial charge in [0.25, 0.3) is 0 Å². The molecule has 0 aliphatic rings. The second-order valence-corrected chi connectivity index (χ2v) is 5.55. The quantitative estimate of drug-likeness (QED) is 0.826. The van der Waals surface area contributed by atoms with E-state index in [1.165, 1.54) is 7.11 Å². The highest BCUT2D eigenvalue weighted by atomic mass is 35.5. The Morgan fingerprint density at radius 3 is 2.35 bits per heavy atom. The van der Waals surface area contributed by atoms with E-state index < -0.39 is 6.04 Å². The number of nitrogens with one attached hydrogen (secondary N) is 1. The molecule has 1 atom stereocenters. The Labute approximate surface area is 140 Å². The molecule has 1 unspecified atom stereocenters. The molecule has 2 rings (SSSR count). The van der Waals surface area contributed by atoms with Crippen LogP contribution in [0.5, 0.6) is 0 Å². The number of carbonyl (C=O) groups is 2. The van der Waals surface area contributed by atoms with Crippen molar-refractivity contribution in [2.75, 3.05) is 7.11 Å². The zero-order valence-corrected chi connectivity index (χ0v) is 13.5. The highest BCUT2D eigenvalue weighted by molar-refractivity contribution is 6.30. The maximum atomic E-state index is 12.3. The summed E-state index contributed by atoms with van der Waals surface area (Å²) in [6.07, 6.45) is 0.314. The molecule has 120 valence electrons. The average Bonchev–Trinajstić information content (AvgIpc) is 2.57. The lowest BCUT2D eigenvalue weighted by atomic mass is 10.0. The van der Waals surface area contributed by atoms with Gasteiger partial charge in [0, 0.05) is 5.02 Å². The van der Waals surface area contributed by atoms with Gasteiger partial charge >= 0.3 is 5.97 Å². The molecule has 0 spiro atoms. The van der Waals surface area contributed by atoms with E-state index in [1.807, 2.05) is 30.3 Å². The summed E-state index contributed by atoms with van der Waals surface area (Å²) in [6.45, 7) is 0. The number of carbonyl (C=O) groups excluding carboxylic acids is 2. The average molecular weight is 332 g/mol. The number of halogens is 1. The lowest BCUT2D eigenvalue weighted by molar-refractivity contribution is -0.141. The molecule has 5 heteroatoms. The molecule has 2 aromatic carbocycles. The number of hydrogen-bond acceptors (Lipinski definition) is 3. The van der Waals surface area contributed by atoms with E-state index in [-0.39, 0.29) is 24.7 Å². The van der Waals surface area contributed by atoms with Crippen LogP contribution in [0.1, 0.15) is 23.6 Å². The normalized spacial score (nSPS) is 11.6. The first-order valence-electron chi connectivity index (χ1n) is 7.24. The van der Waals surface area contributed by atoms with Crippen LogP contribution in [0.15, 0.2) is 54.6 Å². The van der Waals surface area contributed by atoms with Crippen molar-refractivity contribution in [2.24, 2.45) is 0 Å². The third-order valence-corrected chi connectivity index (χ3v) is 3.67. The number of hydrogen-bond donors (Lipinski definition) is 1. The Morgan fingerprint density at radius 1 is 1.09 bits per heavy atom. The zero-order valence-electron chi connectivity index (χ0n) is 12.8. The smallest absolute Gasteiger partial charge is 0.307 e. The van der Waals surface area contributed by atoms with Crippen molar-refractivity contribution in [3.63, 3.8) is 0 Å². The van der Waals surface area contributed by atoms with Crippen molar-refractivity contribution in [3.8, 4) is 0 Å². The van der Waals surface area contributed by atoms with Crippen molar-refractivity contribution in [1.29, 1.82) is 0 Å². The highest BCUT2D eigenvalue weighted by Gasteiger charge is 2.18. The van der Waals surface area contributed by atoms with Crippen molar-refractivity contribution in [3.05, 3.63) is 70.7 Å². The molecular formula is C18H18ClNO3. The third kappa shape index (κ3) is 5.42. The SMILES string of the molecule is COC(=O)CC(NC(=O)Cc1ccc(Cl)cc1)c1ccccc1. The van der Waals surface area contributed by atoms with Gasteiger partial charge in [0.15, 0.2) is 0 Å². The number of methoxy groups -OCH3 is 1. The number of benzene rings is 2. The minimum Gasteiger partial charge on any atom is -0.469 e. The fourth-order valence-corrected chi connectivity index (χ4v) is 2.35. The number of ether oxygens (including phenoxy) is 1. The van der Waals surface area contributed by atoms with Crippen molar-refractivity contribution >= 4 is 23.5 Å². The van der Waals surface area contributed by atoms with E-state index in [1.54, 1.807) is 24.3 Å². The minimum absolute atomic E-state index is 0.0901. The third-order valence-electron chi connectivity index (χ3n) is 3.41. The molecule has 1 amide bonds. The molecular weight excluding hydrogens is 314 g/mol. The molecule has 0 heterocycles. The first-order chi connectivity index (χ1) is 11.1. The van der Waals surface area contributed by atoms with Gasteiger partial charge in [-0.15, -0.1) is 0 Å². The van der Waals surface area contributed by atoms with Gasteiger partial charge in [-0.3, -0.25) is 9.59 Å². The van der Waals surface area contributed by atoms with Gasteiger partial charge in [-0.1, -0.05) is 54.1 Å². The molecule has 1 N–H and O–H groups in total. The molecule has 0 aliphatic heterocycles. The fraction of sp³-hybridized carbons (Fsp3) is 0.222. The molecule has 23 heavy (non-hydrogen) atoms. The molecule has 0 radical (unpaired) electrons. The van der Waals surface area contributed by atoms with Gasteiger partial charge in [0.2, 0.25) is 5.91 Å². The van der Waals surface area contributed by atoms with Crippen LogP contribution < -0.4 is 5.32 Å². The van der Waals surface area contributed by atoms with Crippen LogP contribution in [0.25, 0.3) is 0 Å². The van der Waals surface area contributed by atoms with Crippen LogP contribution in [0.3, 0.4) is 0 Å². The van der Waals surface area contributed by atoms with Crippen LogP contribution in [-0.4, -0.2) is 19.0 Å². The topological polar surface area (TPSA) is 55.4 Å². The fourth-order valence-electron chi connectivity index (χ4n) is 2.22. The molecule has 0 saturated heterocycles. The predicted octanol–water partition coefficient (Wildman–Crippen LogP) is 3.30. The Bertz CT molecular complexity index is 656. The summed E-state index contributed by atoms with van der Waals surface area (Å²) < 4.78 is 4.71. The van der Waals surface area contributed by atoms with Gasteiger partial charge in [0.1, 0.15) is 0 Å². The molecule has 0 bridgehead atoms. The van der Waals surface area contributed by atoms with Gasteiger partial charge in [-0.05, 0) is 23.3 Å². The van der Waals surface area contributed by atoms with Gasteiger partial charge < -0.3 is 10.1 Å². The molecule has 2 aromatic rings. The molecule has 0 fully saturated rings. The van der Waals surface area contributed by atoms with Crippen LogP contribution in [-0.2, 0) is 20.7 Å². The summed E-state index contributed by atoms with van der Waals surface area (Å²) in [5.74, 6) is -0.532. The van der Waals surface area contributed by atoms with Crippen LogP contribution >= 0.6 is 11.6 Å². The van der Waals surface area contributed by atoms with Crippen LogP contribution in [0.2, 0.25) is 5.02 Å². The first-order valence-corrected chi connectivity index (χ1v) is 7.62. The summed E-state index contributed by atoms with van der Waals surface area (Å²) >= 11 is 5.83. The Balaban J connectivity index is 2.05. The summed E-state index contributed by atoms with van der Waals surface area (Å²) in [4.78, 5) is 23.8.